The van der Waals surface area contributed by atoms with Crippen molar-refractivity contribution >= 4 is 48.1 Å². The Labute approximate surface area is 203 Å². The van der Waals surface area contributed by atoms with Crippen LogP contribution in [0.25, 0.3) is 31.6 Å². The van der Waals surface area contributed by atoms with E-state index >= 15 is 0 Å². The number of carboxylic acids is 1. The highest BCUT2D eigenvalue weighted by atomic mass is 32.2. The van der Waals surface area contributed by atoms with E-state index in [1.165, 1.54) is 11.3 Å². The Morgan fingerprint density at radius 3 is 2.44 bits per heavy atom. The van der Waals surface area contributed by atoms with Gasteiger partial charge in [0.15, 0.2) is 9.84 Å². The highest BCUT2D eigenvalue weighted by Gasteiger charge is 2.37. The molecule has 176 valence electrons. The third-order valence-corrected chi connectivity index (χ3v) is 10.6. The average Bonchev–Trinajstić information content (AvgIpc) is 3.19. The van der Waals surface area contributed by atoms with E-state index in [1.54, 1.807) is 12.1 Å². The van der Waals surface area contributed by atoms with Crippen LogP contribution in [0.1, 0.15) is 60.5 Å². The predicted molar refractivity (Wildman–Crippen MR) is 138 cm³/mol. The molecule has 0 spiro atoms. The van der Waals surface area contributed by atoms with Gasteiger partial charge in [-0.25, -0.2) is 18.2 Å². The van der Waals surface area contributed by atoms with Gasteiger partial charge in [0.25, 0.3) is 0 Å². The number of nitrogens with zero attached hydrogens (tertiary/aromatic N) is 1. The van der Waals surface area contributed by atoms with E-state index < -0.39 is 21.1 Å². The number of carboxylic acid groups (broad SMARTS) is 1. The van der Waals surface area contributed by atoms with Crippen LogP contribution in [0.3, 0.4) is 0 Å². The number of para-hydroxylation sites is 1. The molecule has 0 saturated heterocycles. The molecule has 0 radical (unpaired) electrons. The lowest BCUT2D eigenvalue weighted by molar-refractivity contribution is 0.0695. The first-order valence-electron chi connectivity index (χ1n) is 11.8. The molecule has 0 aliphatic heterocycles. The second-order valence-electron chi connectivity index (χ2n) is 8.99. The minimum atomic E-state index is -3.92. The summed E-state index contributed by atoms with van der Waals surface area (Å²) in [4.78, 5) is 18.3. The number of benzene rings is 2. The van der Waals surface area contributed by atoms with Crippen LogP contribution in [0.5, 0.6) is 0 Å². The van der Waals surface area contributed by atoms with E-state index in [2.05, 4.69) is 0 Å². The highest BCUT2D eigenvalue weighted by molar-refractivity contribution is 7.92. The molecule has 1 aliphatic carbocycles. The second-order valence-corrected chi connectivity index (χ2v) is 12.2. The molecule has 5 rings (SSSR count). The number of rotatable bonds is 5. The topological polar surface area (TPSA) is 84.3 Å². The Kier molecular flexibility index (Phi) is 5.94. The third kappa shape index (κ3) is 3.62. The Morgan fingerprint density at radius 1 is 1.06 bits per heavy atom. The monoisotopic (exact) mass is 493 g/mol. The summed E-state index contributed by atoms with van der Waals surface area (Å²) in [5, 5.41) is 11.2. The number of aromatic nitrogens is 1. The summed E-state index contributed by atoms with van der Waals surface area (Å²) in [5.41, 5.74) is 2.55. The number of sulfone groups is 1. The number of hydrogen-bond donors (Lipinski definition) is 1. The molecule has 7 heteroatoms. The van der Waals surface area contributed by atoms with Crippen molar-refractivity contribution in [2.75, 3.05) is 0 Å². The zero-order valence-electron chi connectivity index (χ0n) is 19.3. The van der Waals surface area contributed by atoms with E-state index in [0.717, 1.165) is 45.4 Å². The Hall–Kier alpha value is -2.77. The van der Waals surface area contributed by atoms with Gasteiger partial charge in [0.05, 0.1) is 21.2 Å². The van der Waals surface area contributed by atoms with Crippen molar-refractivity contribution in [1.29, 1.82) is 0 Å². The van der Waals surface area contributed by atoms with Gasteiger partial charge in [-0.15, -0.1) is 11.3 Å². The normalized spacial score (nSPS) is 15.2. The number of carbonyl (C=O) groups is 1. The minimum Gasteiger partial charge on any atom is -0.478 e. The molecular weight excluding hydrogens is 466 g/mol. The van der Waals surface area contributed by atoms with Crippen molar-refractivity contribution in [3.05, 3.63) is 59.2 Å². The highest BCUT2D eigenvalue weighted by Crippen LogP contribution is 2.44. The molecule has 5 nitrogen and oxygen atoms in total. The Balaban J connectivity index is 1.94. The molecule has 1 aliphatic rings. The van der Waals surface area contributed by atoms with Crippen molar-refractivity contribution < 1.29 is 18.3 Å². The lowest BCUT2D eigenvalue weighted by Crippen LogP contribution is -2.27. The molecule has 34 heavy (non-hydrogen) atoms. The number of fused-ring (bicyclic) bond motifs is 2. The summed E-state index contributed by atoms with van der Waals surface area (Å²) >= 11 is 1.48. The number of aromatic carboxylic acids is 1. The van der Waals surface area contributed by atoms with Crippen LogP contribution in [0.15, 0.2) is 47.4 Å². The van der Waals surface area contributed by atoms with Gasteiger partial charge in [-0.05, 0) is 48.8 Å². The summed E-state index contributed by atoms with van der Waals surface area (Å²) in [5.74, 6) is -1.23. The number of hydrogen-bond acceptors (Lipinski definition) is 5. The fourth-order valence-corrected chi connectivity index (χ4v) is 8.66. The van der Waals surface area contributed by atoms with Gasteiger partial charge in [0.1, 0.15) is 10.6 Å². The summed E-state index contributed by atoms with van der Waals surface area (Å²) < 4.78 is 29.3. The van der Waals surface area contributed by atoms with Crippen LogP contribution < -0.4 is 0 Å². The molecule has 1 N–H and O–H groups in total. The summed E-state index contributed by atoms with van der Waals surface area (Å²) in [6.45, 7) is 3.96. The van der Waals surface area contributed by atoms with Gasteiger partial charge < -0.3 is 5.11 Å². The van der Waals surface area contributed by atoms with Gasteiger partial charge in [-0.3, -0.25) is 0 Å². The largest absolute Gasteiger partial charge is 0.478 e. The first kappa shape index (κ1) is 23.0. The quantitative estimate of drug-likeness (QED) is 0.331. The first-order valence-corrected chi connectivity index (χ1v) is 14.1. The molecule has 0 unspecified atom stereocenters. The number of thiophene rings is 1. The van der Waals surface area contributed by atoms with Crippen LogP contribution in [0.2, 0.25) is 0 Å². The van der Waals surface area contributed by atoms with Crippen molar-refractivity contribution in [1.82, 2.24) is 4.98 Å². The molecule has 0 atom stereocenters. The lowest BCUT2D eigenvalue weighted by atomic mass is 10.0. The van der Waals surface area contributed by atoms with Crippen molar-refractivity contribution in [2.24, 2.45) is 0 Å². The van der Waals surface area contributed by atoms with E-state index in [-0.39, 0.29) is 16.2 Å². The molecule has 2 heterocycles. The van der Waals surface area contributed by atoms with Gasteiger partial charge in [-0.2, -0.15) is 0 Å². The van der Waals surface area contributed by atoms with Crippen molar-refractivity contribution in [2.45, 2.75) is 62.5 Å². The minimum absolute atomic E-state index is 0.109. The maximum Gasteiger partial charge on any atom is 0.337 e. The zero-order chi connectivity index (χ0) is 24.0. The van der Waals surface area contributed by atoms with Crippen LogP contribution in [0.4, 0.5) is 0 Å². The van der Waals surface area contributed by atoms with E-state index in [1.807, 2.05) is 44.2 Å². The molecular formula is C27H27NO4S2. The number of aryl methyl sites for hydroxylation is 2. The van der Waals surface area contributed by atoms with E-state index in [0.29, 0.717) is 30.2 Å². The third-order valence-electron chi connectivity index (χ3n) is 6.98. The molecule has 1 fully saturated rings. The molecule has 0 amide bonds. The SMILES string of the molecule is CCc1cccc2c(C(=O)O)c(S(=O)(=O)C3CCCCC3)c(-c3sc4ccccc4c3C)nc12. The molecule has 4 aromatic rings. The molecule has 2 aromatic carbocycles. The van der Waals surface area contributed by atoms with Crippen molar-refractivity contribution in [3.8, 4) is 10.6 Å². The van der Waals surface area contributed by atoms with E-state index in [9.17, 15) is 18.3 Å². The second kappa shape index (κ2) is 8.78. The summed E-state index contributed by atoms with van der Waals surface area (Å²) in [6.07, 6.45) is 4.46. The average molecular weight is 494 g/mol. The summed E-state index contributed by atoms with van der Waals surface area (Å²) in [7, 11) is -3.92. The number of pyridine rings is 1. The van der Waals surface area contributed by atoms with Gasteiger partial charge in [-0.1, -0.05) is 62.6 Å². The van der Waals surface area contributed by atoms with Crippen LogP contribution in [0, 0.1) is 6.92 Å². The molecule has 0 bridgehead atoms. The lowest BCUT2D eigenvalue weighted by Gasteiger charge is -2.24. The standard InChI is InChI=1S/C27H27NO4S2/c1-3-17-10-9-14-20-22(27(29)30)26(34(31,32)18-11-5-4-6-12-18)24(28-23(17)20)25-16(2)19-13-7-8-15-21(19)33-25/h7-10,13-15,18H,3-6,11-12H2,1-2H3,(H,29,30). The van der Waals surface area contributed by atoms with Crippen molar-refractivity contribution in [3.63, 3.8) is 0 Å². The molecule has 1 saturated carbocycles. The summed E-state index contributed by atoms with van der Waals surface area (Å²) in [6, 6.07) is 13.3. The van der Waals surface area contributed by atoms with Crippen LogP contribution in [-0.4, -0.2) is 29.7 Å². The smallest absolute Gasteiger partial charge is 0.337 e. The fraction of sp³-hybridized carbons (Fsp3) is 0.333. The van der Waals surface area contributed by atoms with Gasteiger partial charge >= 0.3 is 5.97 Å². The molecule has 2 aromatic heterocycles. The van der Waals surface area contributed by atoms with E-state index in [4.69, 9.17) is 4.98 Å². The predicted octanol–water partition coefficient (Wildman–Crippen LogP) is 6.79. The fourth-order valence-electron chi connectivity index (χ4n) is 5.20. The maximum atomic E-state index is 14.1. The first-order chi connectivity index (χ1) is 16.3. The zero-order valence-corrected chi connectivity index (χ0v) is 20.9. The Bertz CT molecular complexity index is 1530. The van der Waals surface area contributed by atoms with Crippen LogP contribution >= 0.6 is 11.3 Å². The van der Waals surface area contributed by atoms with Gasteiger partial charge in [0, 0.05) is 10.1 Å². The van der Waals surface area contributed by atoms with Crippen LogP contribution in [-0.2, 0) is 16.3 Å². The Morgan fingerprint density at radius 2 is 1.76 bits per heavy atom. The maximum absolute atomic E-state index is 14.1. The van der Waals surface area contributed by atoms with Gasteiger partial charge in [0.2, 0.25) is 0 Å².